The van der Waals surface area contributed by atoms with Gasteiger partial charge in [0.15, 0.2) is 0 Å². The van der Waals surface area contributed by atoms with Crippen molar-refractivity contribution >= 4 is 11.6 Å². The topological polar surface area (TPSA) is 35.2 Å². The Balaban J connectivity index is 2.35. The second-order valence-corrected chi connectivity index (χ2v) is 4.38. The van der Waals surface area contributed by atoms with E-state index >= 15 is 0 Å². The second kappa shape index (κ2) is 3.99. The minimum absolute atomic E-state index is 0.00321. The van der Waals surface area contributed by atoms with Crippen molar-refractivity contribution < 1.29 is 9.13 Å². The van der Waals surface area contributed by atoms with Crippen molar-refractivity contribution in [2.24, 2.45) is 11.7 Å². The lowest BCUT2D eigenvalue weighted by Crippen LogP contribution is -2.35. The van der Waals surface area contributed by atoms with E-state index in [4.69, 9.17) is 22.1 Å². The van der Waals surface area contributed by atoms with Crippen LogP contribution in [0.4, 0.5) is 4.39 Å². The van der Waals surface area contributed by atoms with Gasteiger partial charge in [-0.25, -0.2) is 4.39 Å². The summed E-state index contributed by atoms with van der Waals surface area (Å²) in [6.07, 6.45) is 0.597. The molecule has 2 atom stereocenters. The Kier molecular flexibility index (Phi) is 2.85. The summed E-state index contributed by atoms with van der Waals surface area (Å²) in [4.78, 5) is 0. The van der Waals surface area contributed by atoms with Crippen molar-refractivity contribution in [1.82, 2.24) is 0 Å². The van der Waals surface area contributed by atoms with Gasteiger partial charge in [0, 0.05) is 17.5 Å². The molecule has 2 nitrogen and oxygen atoms in total. The lowest BCUT2D eigenvalue weighted by Gasteiger charge is -2.28. The van der Waals surface area contributed by atoms with Crippen LogP contribution in [0.5, 0.6) is 5.75 Å². The summed E-state index contributed by atoms with van der Waals surface area (Å²) in [7, 11) is 0. The quantitative estimate of drug-likeness (QED) is 0.803. The summed E-state index contributed by atoms with van der Waals surface area (Å²) >= 11 is 5.71. The second-order valence-electron chi connectivity index (χ2n) is 3.97. The van der Waals surface area contributed by atoms with Gasteiger partial charge in [0.25, 0.3) is 0 Å². The molecule has 0 amide bonds. The Hall–Kier alpha value is -0.800. The molecule has 2 N–H and O–H groups in total. The lowest BCUT2D eigenvalue weighted by molar-refractivity contribution is 0.201. The summed E-state index contributed by atoms with van der Waals surface area (Å²) in [5.74, 6) is 0.374. The maximum atomic E-state index is 13.7. The van der Waals surface area contributed by atoms with Gasteiger partial charge in [0.05, 0.1) is 11.6 Å². The highest BCUT2D eigenvalue weighted by Gasteiger charge is 2.26. The van der Waals surface area contributed by atoms with Crippen LogP contribution in [-0.4, -0.2) is 12.6 Å². The van der Waals surface area contributed by atoms with E-state index in [0.29, 0.717) is 24.3 Å². The third kappa shape index (κ3) is 1.94. The van der Waals surface area contributed by atoms with Crippen molar-refractivity contribution in [2.75, 3.05) is 6.61 Å². The van der Waals surface area contributed by atoms with Gasteiger partial charge >= 0.3 is 0 Å². The highest BCUT2D eigenvalue weighted by atomic mass is 35.5. The standard InChI is InChI=1S/C11H13ClFNO/c1-6(14)7-4-8-10(15-5-7)3-2-9(12)11(8)13/h2-3,6-7H,4-5,14H2,1H3/t6-,7?/m0/s1. The average molecular weight is 230 g/mol. The fourth-order valence-electron chi connectivity index (χ4n) is 1.76. The van der Waals surface area contributed by atoms with Crippen molar-refractivity contribution in [3.63, 3.8) is 0 Å². The maximum absolute atomic E-state index is 13.7. The number of benzene rings is 1. The Morgan fingerprint density at radius 1 is 1.60 bits per heavy atom. The zero-order valence-corrected chi connectivity index (χ0v) is 9.22. The van der Waals surface area contributed by atoms with Crippen molar-refractivity contribution in [3.8, 4) is 5.75 Å². The fourth-order valence-corrected chi connectivity index (χ4v) is 1.93. The number of hydrogen-bond acceptors (Lipinski definition) is 2. The van der Waals surface area contributed by atoms with Gasteiger partial charge in [-0.05, 0) is 25.5 Å². The molecule has 82 valence electrons. The molecule has 1 aliphatic rings. The number of halogens is 2. The molecule has 0 aliphatic carbocycles. The Bertz CT molecular complexity index is 381. The molecule has 0 fully saturated rings. The number of fused-ring (bicyclic) bond motifs is 1. The first-order valence-electron chi connectivity index (χ1n) is 4.95. The first kappa shape index (κ1) is 10.7. The van der Waals surface area contributed by atoms with Crippen LogP contribution >= 0.6 is 11.6 Å². The number of nitrogens with two attached hydrogens (primary N) is 1. The van der Waals surface area contributed by atoms with E-state index < -0.39 is 0 Å². The predicted molar refractivity (Wildman–Crippen MR) is 57.7 cm³/mol. The van der Waals surface area contributed by atoms with Crippen molar-refractivity contribution in [3.05, 3.63) is 28.5 Å². The maximum Gasteiger partial charge on any atom is 0.148 e. The molecule has 1 aromatic rings. The monoisotopic (exact) mass is 229 g/mol. The van der Waals surface area contributed by atoms with Gasteiger partial charge in [-0.1, -0.05) is 11.6 Å². The number of rotatable bonds is 1. The van der Waals surface area contributed by atoms with Crippen LogP contribution in [0.2, 0.25) is 5.02 Å². The third-order valence-electron chi connectivity index (χ3n) is 2.82. The molecule has 2 rings (SSSR count). The van der Waals surface area contributed by atoms with Gasteiger partial charge in [-0.2, -0.15) is 0 Å². The Morgan fingerprint density at radius 3 is 3.00 bits per heavy atom. The molecule has 1 aliphatic heterocycles. The molecule has 1 heterocycles. The number of hydrogen-bond donors (Lipinski definition) is 1. The van der Waals surface area contributed by atoms with E-state index in [0.717, 1.165) is 0 Å². The fraction of sp³-hybridized carbons (Fsp3) is 0.455. The zero-order chi connectivity index (χ0) is 11.0. The van der Waals surface area contributed by atoms with Crippen LogP contribution < -0.4 is 10.5 Å². The van der Waals surface area contributed by atoms with E-state index in [-0.39, 0.29) is 22.8 Å². The Labute approximate surface area is 93.2 Å². The van der Waals surface area contributed by atoms with Crippen molar-refractivity contribution in [2.45, 2.75) is 19.4 Å². The normalized spacial score (nSPS) is 21.7. The summed E-state index contributed by atoms with van der Waals surface area (Å²) in [6.45, 7) is 2.45. The SMILES string of the molecule is C[C@H](N)C1COc2ccc(Cl)c(F)c2C1. The minimum atomic E-state index is -0.375. The molecule has 0 spiro atoms. The molecule has 0 saturated carbocycles. The van der Waals surface area contributed by atoms with Crippen LogP contribution in [0.3, 0.4) is 0 Å². The molecule has 15 heavy (non-hydrogen) atoms. The van der Waals surface area contributed by atoms with Gasteiger partial charge in [-0.15, -0.1) is 0 Å². The van der Waals surface area contributed by atoms with E-state index in [1.165, 1.54) is 6.07 Å². The largest absolute Gasteiger partial charge is 0.493 e. The van der Waals surface area contributed by atoms with Crippen molar-refractivity contribution in [1.29, 1.82) is 0 Å². The summed E-state index contributed by atoms with van der Waals surface area (Å²) in [5.41, 5.74) is 6.33. The van der Waals surface area contributed by atoms with Gasteiger partial charge in [0.2, 0.25) is 0 Å². The summed E-state index contributed by atoms with van der Waals surface area (Å²) < 4.78 is 19.1. The first-order valence-corrected chi connectivity index (χ1v) is 5.32. The van der Waals surface area contributed by atoms with E-state index in [2.05, 4.69) is 0 Å². The molecule has 0 saturated heterocycles. The molecule has 4 heteroatoms. The van der Waals surface area contributed by atoms with Crippen LogP contribution in [0.25, 0.3) is 0 Å². The molecule has 1 unspecified atom stereocenters. The average Bonchev–Trinajstić information content (AvgIpc) is 2.23. The summed E-state index contributed by atoms with van der Waals surface area (Å²) in [6, 6.07) is 3.22. The molecule has 1 aromatic carbocycles. The molecule has 0 bridgehead atoms. The van der Waals surface area contributed by atoms with Crippen LogP contribution in [-0.2, 0) is 6.42 Å². The lowest BCUT2D eigenvalue weighted by atomic mass is 9.91. The number of ether oxygens (including phenoxy) is 1. The molecule has 0 aromatic heterocycles. The van der Waals surface area contributed by atoms with E-state index in [1.54, 1.807) is 6.07 Å². The molecule has 0 radical (unpaired) electrons. The van der Waals surface area contributed by atoms with Gasteiger partial charge < -0.3 is 10.5 Å². The van der Waals surface area contributed by atoms with Gasteiger partial charge in [-0.3, -0.25) is 0 Å². The Morgan fingerprint density at radius 2 is 2.33 bits per heavy atom. The van der Waals surface area contributed by atoms with Gasteiger partial charge in [0.1, 0.15) is 11.6 Å². The highest BCUT2D eigenvalue weighted by molar-refractivity contribution is 6.30. The summed E-state index contributed by atoms with van der Waals surface area (Å²) in [5, 5.41) is 0.141. The highest BCUT2D eigenvalue weighted by Crippen LogP contribution is 2.33. The van der Waals surface area contributed by atoms with Crippen LogP contribution in [0.15, 0.2) is 12.1 Å². The predicted octanol–water partition coefficient (Wildman–Crippen LogP) is 2.38. The van der Waals surface area contributed by atoms with E-state index in [9.17, 15) is 4.39 Å². The molecular formula is C11H13ClFNO. The van der Waals surface area contributed by atoms with E-state index in [1.807, 2.05) is 6.92 Å². The van der Waals surface area contributed by atoms with Crippen LogP contribution in [0.1, 0.15) is 12.5 Å². The zero-order valence-electron chi connectivity index (χ0n) is 8.47. The molecular weight excluding hydrogens is 217 g/mol. The van der Waals surface area contributed by atoms with Crippen LogP contribution in [0, 0.1) is 11.7 Å². The smallest absolute Gasteiger partial charge is 0.148 e. The third-order valence-corrected chi connectivity index (χ3v) is 3.11. The minimum Gasteiger partial charge on any atom is -0.493 e. The first-order chi connectivity index (χ1) is 7.09.